The molecule has 0 fully saturated rings. The maximum Gasteiger partial charge on any atom is 0.231 e. The summed E-state index contributed by atoms with van der Waals surface area (Å²) in [5.41, 5.74) is 3.21. The first-order valence-corrected chi connectivity index (χ1v) is 7.53. The molecule has 1 heterocycles. The summed E-state index contributed by atoms with van der Waals surface area (Å²) in [4.78, 5) is 0. The van der Waals surface area contributed by atoms with Gasteiger partial charge in [-0.15, -0.1) is 0 Å². The van der Waals surface area contributed by atoms with E-state index < -0.39 is 0 Å². The van der Waals surface area contributed by atoms with Crippen molar-refractivity contribution in [3.8, 4) is 11.5 Å². The molecule has 0 radical (unpaired) electrons. The number of hydrogen-bond donors (Lipinski definition) is 2. The lowest BCUT2D eigenvalue weighted by Gasteiger charge is -2.08. The second-order valence-corrected chi connectivity index (χ2v) is 5.75. The van der Waals surface area contributed by atoms with Crippen molar-refractivity contribution < 1.29 is 14.6 Å². The fourth-order valence-corrected chi connectivity index (χ4v) is 2.92. The Hall–Kier alpha value is -1.56. The number of ether oxygens (including phenoxy) is 2. The van der Waals surface area contributed by atoms with Crippen LogP contribution in [0.1, 0.15) is 16.7 Å². The normalized spacial score (nSPS) is 12.7. The first kappa shape index (κ1) is 14.4. The molecule has 2 N–H and O–H groups in total. The predicted octanol–water partition coefficient (Wildman–Crippen LogP) is 2.96. The Kier molecular flexibility index (Phi) is 4.43. The molecule has 0 saturated heterocycles. The van der Waals surface area contributed by atoms with Gasteiger partial charge in [-0.1, -0.05) is 24.3 Å². The molecular formula is C16H16BrNO3. The minimum Gasteiger partial charge on any atom is -0.454 e. The van der Waals surface area contributed by atoms with Crippen molar-refractivity contribution >= 4 is 15.9 Å². The third-order valence-electron chi connectivity index (χ3n) is 3.32. The lowest BCUT2D eigenvalue weighted by Crippen LogP contribution is -2.12. The van der Waals surface area contributed by atoms with Crippen LogP contribution in [0.25, 0.3) is 0 Å². The van der Waals surface area contributed by atoms with Gasteiger partial charge in [0.25, 0.3) is 0 Å². The molecule has 110 valence electrons. The molecule has 3 rings (SSSR count). The number of aliphatic hydroxyl groups is 1. The smallest absolute Gasteiger partial charge is 0.231 e. The van der Waals surface area contributed by atoms with Crippen LogP contribution in [0.15, 0.2) is 40.9 Å². The zero-order valence-corrected chi connectivity index (χ0v) is 13.0. The largest absolute Gasteiger partial charge is 0.454 e. The van der Waals surface area contributed by atoms with Crippen LogP contribution in [-0.2, 0) is 19.7 Å². The SMILES string of the molecule is OCc1cccc(CNCc2cc(Br)c3c(c2)OCO3)c1. The van der Waals surface area contributed by atoms with Gasteiger partial charge < -0.3 is 19.9 Å². The fraction of sp³-hybridized carbons (Fsp3) is 0.250. The van der Waals surface area contributed by atoms with Gasteiger partial charge in [-0.05, 0) is 44.8 Å². The molecule has 21 heavy (non-hydrogen) atoms. The molecule has 0 saturated carbocycles. The van der Waals surface area contributed by atoms with Crippen LogP contribution in [0.3, 0.4) is 0 Å². The Morgan fingerprint density at radius 1 is 1.05 bits per heavy atom. The minimum atomic E-state index is 0.0724. The van der Waals surface area contributed by atoms with E-state index in [9.17, 15) is 0 Å². The molecule has 2 aromatic rings. The monoisotopic (exact) mass is 349 g/mol. The number of fused-ring (bicyclic) bond motifs is 1. The maximum atomic E-state index is 9.13. The third kappa shape index (κ3) is 3.37. The third-order valence-corrected chi connectivity index (χ3v) is 3.91. The molecule has 1 aliphatic rings. The molecule has 1 aliphatic heterocycles. The second-order valence-electron chi connectivity index (χ2n) is 4.89. The van der Waals surface area contributed by atoms with Crippen molar-refractivity contribution in [2.24, 2.45) is 0 Å². The molecule has 0 aromatic heterocycles. The summed E-state index contributed by atoms with van der Waals surface area (Å²) in [5.74, 6) is 1.55. The van der Waals surface area contributed by atoms with E-state index in [0.29, 0.717) is 0 Å². The molecule has 0 spiro atoms. The number of halogens is 1. The summed E-state index contributed by atoms with van der Waals surface area (Å²) >= 11 is 3.49. The molecular weight excluding hydrogens is 334 g/mol. The Labute approximate surface area is 131 Å². The summed E-state index contributed by atoms with van der Waals surface area (Å²) in [5, 5.41) is 12.5. The van der Waals surface area contributed by atoms with Gasteiger partial charge in [-0.2, -0.15) is 0 Å². The molecule has 0 aliphatic carbocycles. The van der Waals surface area contributed by atoms with Crippen molar-refractivity contribution in [3.63, 3.8) is 0 Å². The Balaban J connectivity index is 1.61. The van der Waals surface area contributed by atoms with Crippen molar-refractivity contribution in [3.05, 3.63) is 57.6 Å². The number of rotatable bonds is 5. The van der Waals surface area contributed by atoms with Crippen LogP contribution in [0.4, 0.5) is 0 Å². The average Bonchev–Trinajstić information content (AvgIpc) is 2.96. The first-order valence-electron chi connectivity index (χ1n) is 6.73. The number of benzene rings is 2. The van der Waals surface area contributed by atoms with Crippen LogP contribution < -0.4 is 14.8 Å². The Bertz CT molecular complexity index is 645. The van der Waals surface area contributed by atoms with Crippen LogP contribution >= 0.6 is 15.9 Å². The fourth-order valence-electron chi connectivity index (χ4n) is 2.31. The van der Waals surface area contributed by atoms with Gasteiger partial charge in [-0.25, -0.2) is 0 Å². The maximum absolute atomic E-state index is 9.13. The van der Waals surface area contributed by atoms with Gasteiger partial charge in [-0.3, -0.25) is 0 Å². The van der Waals surface area contributed by atoms with Gasteiger partial charge in [0.2, 0.25) is 6.79 Å². The second kappa shape index (κ2) is 6.47. The van der Waals surface area contributed by atoms with E-state index in [-0.39, 0.29) is 13.4 Å². The van der Waals surface area contributed by atoms with Crippen LogP contribution in [-0.4, -0.2) is 11.9 Å². The van der Waals surface area contributed by atoms with Crippen LogP contribution in [0.2, 0.25) is 0 Å². The lowest BCUT2D eigenvalue weighted by molar-refractivity contribution is 0.173. The summed E-state index contributed by atoms with van der Waals surface area (Å²) in [6, 6.07) is 11.9. The highest BCUT2D eigenvalue weighted by Gasteiger charge is 2.17. The van der Waals surface area contributed by atoms with Crippen LogP contribution in [0.5, 0.6) is 11.5 Å². The van der Waals surface area contributed by atoms with Gasteiger partial charge in [0.05, 0.1) is 11.1 Å². The highest BCUT2D eigenvalue weighted by Crippen LogP contribution is 2.39. The minimum absolute atomic E-state index is 0.0724. The molecule has 0 amide bonds. The average molecular weight is 350 g/mol. The standard InChI is InChI=1S/C16H16BrNO3/c17-14-5-13(6-15-16(14)21-10-20-15)8-18-7-11-2-1-3-12(4-11)9-19/h1-6,18-19H,7-10H2. The quantitative estimate of drug-likeness (QED) is 0.871. The van der Waals surface area contributed by atoms with Crippen molar-refractivity contribution in [2.45, 2.75) is 19.7 Å². The summed E-state index contributed by atoms with van der Waals surface area (Å²) in [6.45, 7) is 1.83. The molecule has 2 aromatic carbocycles. The molecule has 0 atom stereocenters. The summed E-state index contributed by atoms with van der Waals surface area (Å²) in [7, 11) is 0. The van der Waals surface area contributed by atoms with Gasteiger partial charge in [0, 0.05) is 13.1 Å². The van der Waals surface area contributed by atoms with Gasteiger partial charge >= 0.3 is 0 Å². The topological polar surface area (TPSA) is 50.7 Å². The Morgan fingerprint density at radius 2 is 1.86 bits per heavy atom. The van der Waals surface area contributed by atoms with Crippen molar-refractivity contribution in [2.75, 3.05) is 6.79 Å². The number of hydrogen-bond acceptors (Lipinski definition) is 4. The Morgan fingerprint density at radius 3 is 2.71 bits per heavy atom. The summed E-state index contributed by atoms with van der Waals surface area (Å²) in [6.07, 6.45) is 0. The number of nitrogens with one attached hydrogen (secondary N) is 1. The summed E-state index contributed by atoms with van der Waals surface area (Å²) < 4.78 is 11.7. The highest BCUT2D eigenvalue weighted by molar-refractivity contribution is 9.10. The highest BCUT2D eigenvalue weighted by atomic mass is 79.9. The molecule has 0 unspecified atom stereocenters. The van der Waals surface area contributed by atoms with Crippen molar-refractivity contribution in [1.29, 1.82) is 0 Å². The van der Waals surface area contributed by atoms with E-state index in [0.717, 1.165) is 45.8 Å². The van der Waals surface area contributed by atoms with E-state index in [1.54, 1.807) is 0 Å². The van der Waals surface area contributed by atoms with E-state index in [4.69, 9.17) is 14.6 Å². The molecule has 4 nitrogen and oxygen atoms in total. The zero-order valence-electron chi connectivity index (χ0n) is 11.4. The van der Waals surface area contributed by atoms with E-state index in [1.165, 1.54) is 0 Å². The number of aliphatic hydroxyl groups excluding tert-OH is 1. The van der Waals surface area contributed by atoms with Crippen molar-refractivity contribution in [1.82, 2.24) is 5.32 Å². The van der Waals surface area contributed by atoms with Gasteiger partial charge in [0.1, 0.15) is 0 Å². The lowest BCUT2D eigenvalue weighted by atomic mass is 10.1. The van der Waals surface area contributed by atoms with E-state index in [1.807, 2.05) is 36.4 Å². The van der Waals surface area contributed by atoms with Gasteiger partial charge in [0.15, 0.2) is 11.5 Å². The molecule has 5 heteroatoms. The molecule has 0 bridgehead atoms. The predicted molar refractivity (Wildman–Crippen MR) is 83.2 cm³/mol. The first-order chi connectivity index (χ1) is 10.3. The van der Waals surface area contributed by atoms with E-state index in [2.05, 4.69) is 21.2 Å². The van der Waals surface area contributed by atoms with Crippen LogP contribution in [0, 0.1) is 0 Å². The zero-order chi connectivity index (χ0) is 14.7. The van der Waals surface area contributed by atoms with E-state index >= 15 is 0 Å².